The normalized spacial score (nSPS) is 10.7. The lowest BCUT2D eigenvalue weighted by atomic mass is 9.89. The fraction of sp³-hybridized carbons (Fsp3) is 0.235. The first-order valence-corrected chi connectivity index (χ1v) is 7.29. The average molecular weight is 332 g/mol. The van der Waals surface area contributed by atoms with E-state index in [1.54, 1.807) is 12.1 Å². The van der Waals surface area contributed by atoms with E-state index in [1.807, 2.05) is 33.8 Å². The highest BCUT2D eigenvalue weighted by Crippen LogP contribution is 2.28. The Kier molecular flexibility index (Phi) is 4.00. The van der Waals surface area contributed by atoms with E-state index >= 15 is 0 Å². The van der Waals surface area contributed by atoms with Crippen LogP contribution in [0.4, 0.5) is 5.69 Å². The number of halogens is 1. The Morgan fingerprint density at radius 1 is 1.00 bits per heavy atom. The molecule has 0 fully saturated rings. The molecule has 0 amide bonds. The Labute approximate surface area is 128 Å². The van der Waals surface area contributed by atoms with Crippen LogP contribution in [0.5, 0.6) is 0 Å². The van der Waals surface area contributed by atoms with Crippen LogP contribution in [0, 0.1) is 27.7 Å². The molecule has 20 heavy (non-hydrogen) atoms. The molecule has 2 rings (SSSR count). The van der Waals surface area contributed by atoms with Crippen LogP contribution >= 0.6 is 15.9 Å². The summed E-state index contributed by atoms with van der Waals surface area (Å²) in [7, 11) is 0. The van der Waals surface area contributed by atoms with Crippen molar-refractivity contribution >= 4 is 27.4 Å². The Bertz CT molecular complexity index is 678. The van der Waals surface area contributed by atoms with Crippen molar-refractivity contribution in [1.29, 1.82) is 0 Å². The van der Waals surface area contributed by atoms with Crippen LogP contribution in [0.15, 0.2) is 28.7 Å². The number of rotatable bonds is 2. The molecule has 0 saturated carbocycles. The van der Waals surface area contributed by atoms with Crippen molar-refractivity contribution in [3.63, 3.8) is 0 Å². The van der Waals surface area contributed by atoms with Crippen molar-refractivity contribution in [2.45, 2.75) is 27.7 Å². The molecule has 3 heteroatoms. The smallest absolute Gasteiger partial charge is 0.194 e. The van der Waals surface area contributed by atoms with Crippen LogP contribution < -0.4 is 5.73 Å². The molecular formula is C17H18BrNO. The van der Waals surface area contributed by atoms with Crippen molar-refractivity contribution in [3.8, 4) is 0 Å². The molecular weight excluding hydrogens is 314 g/mol. The molecule has 0 atom stereocenters. The monoisotopic (exact) mass is 331 g/mol. The van der Waals surface area contributed by atoms with E-state index in [1.165, 1.54) is 0 Å². The summed E-state index contributed by atoms with van der Waals surface area (Å²) in [5.41, 5.74) is 12.1. The lowest BCUT2D eigenvalue weighted by Crippen LogP contribution is -2.10. The summed E-state index contributed by atoms with van der Waals surface area (Å²) in [6.07, 6.45) is 0. The standard InChI is InChI=1S/C17H18BrNO/c1-9-7-10(2)12(4)16(11(9)3)17(20)14-8-13(19)5-6-15(14)18/h5-8H,19H2,1-4H3. The van der Waals surface area contributed by atoms with E-state index < -0.39 is 0 Å². The molecule has 0 radical (unpaired) electrons. The summed E-state index contributed by atoms with van der Waals surface area (Å²) in [5.74, 6) is 0.0194. The number of carbonyl (C=O) groups excluding carboxylic acids is 1. The molecule has 0 unspecified atom stereocenters. The van der Waals surface area contributed by atoms with Gasteiger partial charge in [-0.25, -0.2) is 0 Å². The third kappa shape index (κ3) is 2.50. The van der Waals surface area contributed by atoms with Crippen molar-refractivity contribution in [2.75, 3.05) is 5.73 Å². The molecule has 0 aliphatic rings. The first-order valence-electron chi connectivity index (χ1n) is 6.50. The first-order chi connectivity index (χ1) is 9.32. The molecule has 0 aliphatic carbocycles. The largest absolute Gasteiger partial charge is 0.399 e. The molecule has 104 valence electrons. The van der Waals surface area contributed by atoms with Gasteiger partial charge in [-0.15, -0.1) is 0 Å². The molecule has 0 spiro atoms. The second kappa shape index (κ2) is 5.41. The van der Waals surface area contributed by atoms with E-state index in [2.05, 4.69) is 22.0 Å². The zero-order chi connectivity index (χ0) is 15.0. The van der Waals surface area contributed by atoms with Gasteiger partial charge in [-0.2, -0.15) is 0 Å². The topological polar surface area (TPSA) is 43.1 Å². The second-order valence-corrected chi connectivity index (χ2v) is 6.06. The number of hydrogen-bond acceptors (Lipinski definition) is 2. The SMILES string of the molecule is Cc1cc(C)c(C)c(C(=O)c2cc(N)ccc2Br)c1C. The maximum Gasteiger partial charge on any atom is 0.194 e. The fourth-order valence-corrected chi connectivity index (χ4v) is 2.84. The Morgan fingerprint density at radius 2 is 1.55 bits per heavy atom. The molecule has 2 nitrogen and oxygen atoms in total. The van der Waals surface area contributed by atoms with Gasteiger partial charge in [0.1, 0.15) is 0 Å². The highest BCUT2D eigenvalue weighted by Gasteiger charge is 2.19. The van der Waals surface area contributed by atoms with Crippen molar-refractivity contribution in [1.82, 2.24) is 0 Å². The van der Waals surface area contributed by atoms with Crippen LogP contribution in [-0.2, 0) is 0 Å². The molecule has 2 N–H and O–H groups in total. The molecule has 0 aromatic heterocycles. The quantitative estimate of drug-likeness (QED) is 0.650. The number of nitrogen functional groups attached to an aromatic ring is 1. The van der Waals surface area contributed by atoms with Gasteiger partial charge in [-0.1, -0.05) is 22.0 Å². The minimum atomic E-state index is 0.0194. The predicted molar refractivity (Wildman–Crippen MR) is 87.4 cm³/mol. The lowest BCUT2D eigenvalue weighted by molar-refractivity contribution is 0.103. The zero-order valence-electron chi connectivity index (χ0n) is 12.2. The van der Waals surface area contributed by atoms with E-state index in [0.29, 0.717) is 11.3 Å². The number of hydrogen-bond donors (Lipinski definition) is 1. The number of aryl methyl sites for hydroxylation is 2. The van der Waals surface area contributed by atoms with Crippen molar-refractivity contribution in [3.05, 3.63) is 62.1 Å². The van der Waals surface area contributed by atoms with E-state index in [9.17, 15) is 4.79 Å². The molecule has 0 bridgehead atoms. The number of nitrogens with two attached hydrogens (primary N) is 1. The van der Waals surface area contributed by atoms with Crippen LogP contribution in [0.2, 0.25) is 0 Å². The molecule has 0 saturated heterocycles. The maximum absolute atomic E-state index is 12.9. The Hall–Kier alpha value is -1.61. The zero-order valence-corrected chi connectivity index (χ0v) is 13.8. The van der Waals surface area contributed by atoms with Gasteiger partial charge in [0.2, 0.25) is 0 Å². The average Bonchev–Trinajstić information content (AvgIpc) is 2.39. The lowest BCUT2D eigenvalue weighted by Gasteiger charge is -2.15. The number of anilines is 1. The van der Waals surface area contributed by atoms with Gasteiger partial charge >= 0.3 is 0 Å². The number of benzene rings is 2. The third-order valence-corrected chi connectivity index (χ3v) is 4.52. The second-order valence-electron chi connectivity index (χ2n) is 5.20. The van der Waals surface area contributed by atoms with Crippen molar-refractivity contribution in [2.24, 2.45) is 0 Å². The van der Waals surface area contributed by atoms with Gasteiger partial charge in [0, 0.05) is 21.3 Å². The van der Waals surface area contributed by atoms with Gasteiger partial charge < -0.3 is 5.73 Å². The van der Waals surface area contributed by atoms with E-state index in [-0.39, 0.29) is 5.78 Å². The molecule has 2 aromatic rings. The highest BCUT2D eigenvalue weighted by molar-refractivity contribution is 9.10. The maximum atomic E-state index is 12.9. The molecule has 2 aromatic carbocycles. The summed E-state index contributed by atoms with van der Waals surface area (Å²) < 4.78 is 0.773. The number of ketones is 1. The number of carbonyl (C=O) groups is 1. The van der Waals surface area contributed by atoms with E-state index in [4.69, 9.17) is 5.73 Å². The van der Waals surface area contributed by atoms with Gasteiger partial charge in [-0.3, -0.25) is 4.79 Å². The fourth-order valence-electron chi connectivity index (χ4n) is 2.41. The summed E-state index contributed by atoms with van der Waals surface area (Å²) in [6.45, 7) is 8.06. The summed E-state index contributed by atoms with van der Waals surface area (Å²) in [5, 5.41) is 0. The minimum absolute atomic E-state index is 0.0194. The van der Waals surface area contributed by atoms with Crippen LogP contribution in [0.1, 0.15) is 38.2 Å². The predicted octanol–water partition coefficient (Wildman–Crippen LogP) is 4.50. The van der Waals surface area contributed by atoms with Crippen molar-refractivity contribution < 1.29 is 4.79 Å². The van der Waals surface area contributed by atoms with Gasteiger partial charge in [0.05, 0.1) is 0 Å². The third-order valence-electron chi connectivity index (χ3n) is 3.83. The summed E-state index contributed by atoms with van der Waals surface area (Å²) in [6, 6.07) is 7.44. The molecule has 0 aliphatic heterocycles. The summed E-state index contributed by atoms with van der Waals surface area (Å²) in [4.78, 5) is 12.9. The first kappa shape index (κ1) is 14.8. The van der Waals surface area contributed by atoms with Gasteiger partial charge in [-0.05, 0) is 68.1 Å². The highest BCUT2D eigenvalue weighted by atomic mass is 79.9. The Balaban J connectivity index is 2.68. The van der Waals surface area contributed by atoms with Gasteiger partial charge in [0.15, 0.2) is 5.78 Å². The van der Waals surface area contributed by atoms with Crippen LogP contribution in [-0.4, -0.2) is 5.78 Å². The van der Waals surface area contributed by atoms with Gasteiger partial charge in [0.25, 0.3) is 0 Å². The van der Waals surface area contributed by atoms with E-state index in [0.717, 1.165) is 32.3 Å². The van der Waals surface area contributed by atoms with Crippen LogP contribution in [0.25, 0.3) is 0 Å². The van der Waals surface area contributed by atoms with Crippen LogP contribution in [0.3, 0.4) is 0 Å². The molecule has 0 heterocycles. The Morgan fingerprint density at radius 3 is 2.10 bits per heavy atom. The minimum Gasteiger partial charge on any atom is -0.399 e. The summed E-state index contributed by atoms with van der Waals surface area (Å²) >= 11 is 3.44.